The van der Waals surface area contributed by atoms with Crippen molar-refractivity contribution in [3.8, 4) is 23.0 Å². The number of carbonyl (C=O) groups is 1. The first-order valence-corrected chi connectivity index (χ1v) is 12.1. The summed E-state index contributed by atoms with van der Waals surface area (Å²) in [5.41, 5.74) is 2.75. The zero-order chi connectivity index (χ0) is 25.5. The van der Waals surface area contributed by atoms with E-state index in [1.54, 1.807) is 21.3 Å². The van der Waals surface area contributed by atoms with Gasteiger partial charge in [0.15, 0.2) is 11.5 Å². The van der Waals surface area contributed by atoms with Crippen LogP contribution in [0.2, 0.25) is 0 Å². The fourth-order valence-electron chi connectivity index (χ4n) is 4.90. The van der Waals surface area contributed by atoms with Gasteiger partial charge >= 0.3 is 5.97 Å². The number of nitrogens with zero attached hydrogens (tertiary/aromatic N) is 1. The zero-order valence-corrected chi connectivity index (χ0v) is 21.0. The van der Waals surface area contributed by atoms with E-state index in [-0.39, 0.29) is 6.04 Å². The van der Waals surface area contributed by atoms with Crippen LogP contribution in [0.1, 0.15) is 42.0 Å². The summed E-state index contributed by atoms with van der Waals surface area (Å²) in [5.74, 6) is 1.41. The van der Waals surface area contributed by atoms with E-state index in [1.165, 1.54) is 0 Å². The van der Waals surface area contributed by atoms with Crippen LogP contribution >= 0.6 is 0 Å². The number of rotatable bonds is 10. The lowest BCUT2D eigenvalue weighted by atomic mass is 9.90. The van der Waals surface area contributed by atoms with Crippen molar-refractivity contribution in [2.75, 3.05) is 27.9 Å². The Morgan fingerprint density at radius 1 is 0.917 bits per heavy atom. The first kappa shape index (κ1) is 25.4. The van der Waals surface area contributed by atoms with Gasteiger partial charge < -0.3 is 24.1 Å². The number of ether oxygens (including phenoxy) is 4. The standard InChI is InChI=1S/C29H33NO6/c1-33-24-15-8-7-13-22(24)27(30-16-10-9-14-23(30)29(31)32)21-17-25(34-2)28(26(18-21)35-3)36-19-20-11-5-4-6-12-20/h4-8,11-13,15,17-18,23,27H,9-10,14,16,19H2,1-3H3,(H,31,32). The quantitative estimate of drug-likeness (QED) is 0.411. The number of para-hydroxylation sites is 1. The maximum Gasteiger partial charge on any atom is 0.320 e. The van der Waals surface area contributed by atoms with Crippen LogP contribution in [0.15, 0.2) is 66.7 Å². The molecule has 1 saturated heterocycles. The van der Waals surface area contributed by atoms with Gasteiger partial charge in [-0.3, -0.25) is 9.69 Å². The van der Waals surface area contributed by atoms with Crippen molar-refractivity contribution in [3.05, 3.63) is 83.4 Å². The first-order chi connectivity index (χ1) is 17.6. The van der Waals surface area contributed by atoms with Crippen molar-refractivity contribution in [1.29, 1.82) is 0 Å². The highest BCUT2D eigenvalue weighted by Crippen LogP contribution is 2.45. The highest BCUT2D eigenvalue weighted by atomic mass is 16.5. The van der Waals surface area contributed by atoms with Crippen LogP contribution in [0.5, 0.6) is 23.0 Å². The van der Waals surface area contributed by atoms with Crippen LogP contribution in [-0.4, -0.2) is 49.9 Å². The van der Waals surface area contributed by atoms with Gasteiger partial charge in [-0.15, -0.1) is 0 Å². The number of methoxy groups -OCH3 is 3. The minimum Gasteiger partial charge on any atom is -0.496 e. The van der Waals surface area contributed by atoms with Crippen LogP contribution in [0.4, 0.5) is 0 Å². The molecule has 1 heterocycles. The molecule has 0 aliphatic carbocycles. The van der Waals surface area contributed by atoms with Crippen molar-refractivity contribution in [2.45, 2.75) is 38.0 Å². The minimum absolute atomic E-state index is 0.357. The Balaban J connectivity index is 1.81. The molecule has 3 aromatic rings. The van der Waals surface area contributed by atoms with Crippen LogP contribution in [0.25, 0.3) is 0 Å². The predicted octanol–water partition coefficient (Wildman–Crippen LogP) is 5.32. The predicted molar refractivity (Wildman–Crippen MR) is 137 cm³/mol. The molecule has 36 heavy (non-hydrogen) atoms. The van der Waals surface area contributed by atoms with Crippen molar-refractivity contribution in [3.63, 3.8) is 0 Å². The van der Waals surface area contributed by atoms with E-state index in [0.717, 1.165) is 29.5 Å². The molecule has 7 nitrogen and oxygen atoms in total. The Kier molecular flexibility index (Phi) is 8.33. The molecule has 2 unspecified atom stereocenters. The van der Waals surface area contributed by atoms with E-state index in [2.05, 4.69) is 0 Å². The van der Waals surface area contributed by atoms with E-state index >= 15 is 0 Å². The number of piperidine rings is 1. The van der Waals surface area contributed by atoms with E-state index in [9.17, 15) is 9.90 Å². The third-order valence-corrected chi connectivity index (χ3v) is 6.62. The van der Waals surface area contributed by atoms with Crippen LogP contribution < -0.4 is 18.9 Å². The molecule has 1 aliphatic rings. The molecule has 1 fully saturated rings. The van der Waals surface area contributed by atoms with Gasteiger partial charge in [-0.1, -0.05) is 55.0 Å². The summed E-state index contributed by atoms with van der Waals surface area (Å²) >= 11 is 0. The van der Waals surface area contributed by atoms with Crippen molar-refractivity contribution in [1.82, 2.24) is 4.90 Å². The molecule has 7 heteroatoms. The lowest BCUT2D eigenvalue weighted by Gasteiger charge is -2.40. The van der Waals surface area contributed by atoms with Gasteiger partial charge in [0.1, 0.15) is 18.4 Å². The van der Waals surface area contributed by atoms with Crippen molar-refractivity contribution in [2.24, 2.45) is 0 Å². The molecular weight excluding hydrogens is 458 g/mol. The highest BCUT2D eigenvalue weighted by molar-refractivity contribution is 5.74. The number of carboxylic acid groups (broad SMARTS) is 1. The lowest BCUT2D eigenvalue weighted by Crippen LogP contribution is -2.46. The fourth-order valence-corrected chi connectivity index (χ4v) is 4.90. The van der Waals surface area contributed by atoms with Gasteiger partial charge in [0, 0.05) is 5.56 Å². The Morgan fingerprint density at radius 3 is 2.19 bits per heavy atom. The third-order valence-electron chi connectivity index (χ3n) is 6.62. The molecule has 0 bridgehead atoms. The van der Waals surface area contributed by atoms with Gasteiger partial charge in [-0.05, 0) is 48.7 Å². The number of hydrogen-bond acceptors (Lipinski definition) is 6. The first-order valence-electron chi connectivity index (χ1n) is 12.1. The largest absolute Gasteiger partial charge is 0.496 e. The average Bonchev–Trinajstić information content (AvgIpc) is 2.92. The molecule has 1 aliphatic heterocycles. The third kappa shape index (κ3) is 5.41. The van der Waals surface area contributed by atoms with E-state index in [0.29, 0.717) is 42.6 Å². The fraction of sp³-hybridized carbons (Fsp3) is 0.345. The number of carboxylic acids is 1. The lowest BCUT2D eigenvalue weighted by molar-refractivity contribution is -0.145. The average molecular weight is 492 g/mol. The summed E-state index contributed by atoms with van der Waals surface area (Å²) in [7, 11) is 4.81. The van der Waals surface area contributed by atoms with Gasteiger partial charge in [0.05, 0.1) is 27.4 Å². The van der Waals surface area contributed by atoms with Gasteiger partial charge in [0.2, 0.25) is 5.75 Å². The zero-order valence-electron chi connectivity index (χ0n) is 21.0. The SMILES string of the molecule is COc1ccccc1C(c1cc(OC)c(OCc2ccccc2)c(OC)c1)N1CCCCC1C(=O)O. The molecule has 1 N–H and O–H groups in total. The summed E-state index contributed by atoms with van der Waals surface area (Å²) in [5, 5.41) is 10.1. The van der Waals surface area contributed by atoms with Crippen molar-refractivity contribution >= 4 is 5.97 Å². The summed E-state index contributed by atoms with van der Waals surface area (Å²) in [6, 6.07) is 20.4. The molecule has 0 radical (unpaired) electrons. The Hall–Kier alpha value is -3.71. The Morgan fingerprint density at radius 2 is 1.56 bits per heavy atom. The molecular formula is C29H33NO6. The Labute approximate surface area is 212 Å². The van der Waals surface area contributed by atoms with Crippen molar-refractivity contribution < 1.29 is 28.8 Å². The number of likely N-dealkylation sites (tertiary alicyclic amines) is 1. The van der Waals surface area contributed by atoms with Crippen LogP contribution in [0, 0.1) is 0 Å². The molecule has 0 spiro atoms. The van der Waals surface area contributed by atoms with Gasteiger partial charge in [-0.25, -0.2) is 0 Å². The van der Waals surface area contributed by atoms with E-state index in [1.807, 2.05) is 71.6 Å². The monoisotopic (exact) mass is 491 g/mol. The molecule has 0 aromatic heterocycles. The molecule has 2 atom stereocenters. The molecule has 4 rings (SSSR count). The Bertz CT molecular complexity index is 1140. The second-order valence-corrected chi connectivity index (χ2v) is 8.76. The van der Waals surface area contributed by atoms with Crippen LogP contribution in [-0.2, 0) is 11.4 Å². The van der Waals surface area contributed by atoms with Gasteiger partial charge in [-0.2, -0.15) is 0 Å². The topological polar surface area (TPSA) is 77.5 Å². The second kappa shape index (κ2) is 11.8. The summed E-state index contributed by atoms with van der Waals surface area (Å²) in [6.07, 6.45) is 2.39. The van der Waals surface area contributed by atoms with Crippen LogP contribution in [0.3, 0.4) is 0 Å². The number of aliphatic carboxylic acids is 1. The highest BCUT2D eigenvalue weighted by Gasteiger charge is 2.37. The normalized spacial score (nSPS) is 16.7. The molecule has 190 valence electrons. The molecule has 3 aromatic carbocycles. The summed E-state index contributed by atoms with van der Waals surface area (Å²) in [6.45, 7) is 1.01. The van der Waals surface area contributed by atoms with Gasteiger partial charge in [0.25, 0.3) is 0 Å². The van der Waals surface area contributed by atoms with E-state index in [4.69, 9.17) is 18.9 Å². The molecule has 0 amide bonds. The summed E-state index contributed by atoms with van der Waals surface area (Å²) in [4.78, 5) is 14.3. The summed E-state index contributed by atoms with van der Waals surface area (Å²) < 4.78 is 23.3. The minimum atomic E-state index is -0.823. The maximum absolute atomic E-state index is 12.3. The molecule has 0 saturated carbocycles. The number of hydrogen-bond donors (Lipinski definition) is 1. The number of benzene rings is 3. The second-order valence-electron chi connectivity index (χ2n) is 8.76. The smallest absolute Gasteiger partial charge is 0.320 e. The van der Waals surface area contributed by atoms with E-state index < -0.39 is 12.0 Å². The maximum atomic E-state index is 12.3.